The molecular weight excluding hydrogens is 264 g/mol. The Hall–Kier alpha value is -1.39. The lowest BCUT2D eigenvalue weighted by atomic mass is 10.0. The predicted octanol–water partition coefficient (Wildman–Crippen LogP) is 1.52. The van der Waals surface area contributed by atoms with Crippen LogP contribution in [0.5, 0.6) is 0 Å². The maximum Gasteiger partial charge on any atom is 0.253 e. The number of rotatable bonds is 3. The Bertz CT molecular complexity index is 480. The van der Waals surface area contributed by atoms with Crippen molar-refractivity contribution in [2.75, 3.05) is 26.2 Å². The van der Waals surface area contributed by atoms with Gasteiger partial charge in [0.25, 0.3) is 5.91 Å². The lowest BCUT2D eigenvalue weighted by Crippen LogP contribution is -2.51. The first kappa shape index (κ1) is 14.5. The number of nitrogens with zero attached hydrogens (tertiary/aromatic N) is 1. The number of aryl methyl sites for hydroxylation is 1. The molecule has 4 nitrogen and oxygen atoms in total. The smallest absolute Gasteiger partial charge is 0.253 e. The van der Waals surface area contributed by atoms with Gasteiger partial charge in [-0.2, -0.15) is 0 Å². The van der Waals surface area contributed by atoms with Crippen LogP contribution < -0.4 is 5.32 Å². The molecule has 0 saturated carbocycles. The minimum atomic E-state index is -0.294. The number of carbonyl (C=O) groups excluding carboxylic acids is 1. The van der Waals surface area contributed by atoms with E-state index in [4.69, 9.17) is 4.74 Å². The maximum atomic E-state index is 12.6. The summed E-state index contributed by atoms with van der Waals surface area (Å²) in [6.07, 6.45) is 2.85. The molecule has 2 aliphatic heterocycles. The zero-order valence-electron chi connectivity index (χ0n) is 12.7. The molecule has 0 spiro atoms. The topological polar surface area (TPSA) is 41.6 Å². The maximum absolute atomic E-state index is 12.6. The first-order chi connectivity index (χ1) is 10.2. The van der Waals surface area contributed by atoms with Gasteiger partial charge in [0, 0.05) is 25.7 Å². The Morgan fingerprint density at radius 1 is 1.38 bits per heavy atom. The summed E-state index contributed by atoms with van der Waals surface area (Å²) >= 11 is 0. The van der Waals surface area contributed by atoms with E-state index in [2.05, 4.69) is 36.5 Å². The third kappa shape index (κ3) is 3.44. The van der Waals surface area contributed by atoms with Gasteiger partial charge in [0.05, 0.1) is 6.61 Å². The zero-order chi connectivity index (χ0) is 14.7. The molecule has 114 valence electrons. The number of carbonyl (C=O) groups is 1. The van der Waals surface area contributed by atoms with Gasteiger partial charge >= 0.3 is 0 Å². The molecule has 21 heavy (non-hydrogen) atoms. The number of hydrogen-bond donors (Lipinski definition) is 1. The van der Waals surface area contributed by atoms with E-state index in [1.165, 1.54) is 11.1 Å². The first-order valence-corrected chi connectivity index (χ1v) is 7.92. The molecule has 2 saturated heterocycles. The Morgan fingerprint density at radius 3 is 2.90 bits per heavy atom. The van der Waals surface area contributed by atoms with E-state index in [0.29, 0.717) is 19.2 Å². The number of amides is 1. The van der Waals surface area contributed by atoms with Crippen LogP contribution in [0, 0.1) is 6.92 Å². The van der Waals surface area contributed by atoms with Crippen molar-refractivity contribution in [2.45, 2.75) is 38.3 Å². The average molecular weight is 288 g/mol. The van der Waals surface area contributed by atoms with Crippen molar-refractivity contribution < 1.29 is 9.53 Å². The predicted molar refractivity (Wildman–Crippen MR) is 82.2 cm³/mol. The molecule has 2 aliphatic rings. The molecule has 0 bridgehead atoms. The summed E-state index contributed by atoms with van der Waals surface area (Å²) < 4.78 is 5.61. The normalized spacial score (nSPS) is 26.0. The summed E-state index contributed by atoms with van der Waals surface area (Å²) in [5, 5.41) is 3.24. The second-order valence-electron chi connectivity index (χ2n) is 6.08. The molecule has 1 aromatic rings. The molecular formula is C17H24N2O2. The lowest BCUT2D eigenvalue weighted by molar-refractivity contribution is -0.146. The van der Waals surface area contributed by atoms with Gasteiger partial charge in [-0.15, -0.1) is 0 Å². The molecule has 0 aliphatic carbocycles. The number of morpholine rings is 1. The minimum absolute atomic E-state index is 0.164. The molecule has 1 amide bonds. The Balaban J connectivity index is 1.64. The van der Waals surface area contributed by atoms with Crippen molar-refractivity contribution in [2.24, 2.45) is 0 Å². The minimum Gasteiger partial charge on any atom is -0.366 e. The van der Waals surface area contributed by atoms with E-state index >= 15 is 0 Å². The summed E-state index contributed by atoms with van der Waals surface area (Å²) in [5.74, 6) is 0.164. The van der Waals surface area contributed by atoms with Gasteiger partial charge in [-0.05, 0) is 31.7 Å². The molecule has 4 heteroatoms. The molecule has 1 N–H and O–H groups in total. The van der Waals surface area contributed by atoms with Gasteiger partial charge in [-0.3, -0.25) is 4.79 Å². The van der Waals surface area contributed by atoms with Crippen molar-refractivity contribution in [3.05, 3.63) is 35.4 Å². The monoisotopic (exact) mass is 288 g/mol. The van der Waals surface area contributed by atoms with E-state index in [9.17, 15) is 4.79 Å². The summed E-state index contributed by atoms with van der Waals surface area (Å²) in [5.41, 5.74) is 2.59. The molecule has 0 radical (unpaired) electrons. The van der Waals surface area contributed by atoms with Crippen molar-refractivity contribution in [3.63, 3.8) is 0 Å². The quantitative estimate of drug-likeness (QED) is 0.917. The fraction of sp³-hybridized carbons (Fsp3) is 0.588. The highest BCUT2D eigenvalue weighted by Gasteiger charge is 2.34. The van der Waals surface area contributed by atoms with E-state index in [-0.39, 0.29) is 12.0 Å². The molecule has 2 heterocycles. The number of likely N-dealkylation sites (tertiary alicyclic amines) is 1. The highest BCUT2D eigenvalue weighted by Crippen LogP contribution is 2.23. The number of hydrogen-bond acceptors (Lipinski definition) is 3. The second-order valence-corrected chi connectivity index (χ2v) is 6.08. The van der Waals surface area contributed by atoms with E-state index < -0.39 is 0 Å². The number of nitrogens with one attached hydrogen (secondary N) is 1. The fourth-order valence-electron chi connectivity index (χ4n) is 3.24. The third-order valence-electron chi connectivity index (χ3n) is 4.46. The van der Waals surface area contributed by atoms with Gasteiger partial charge in [-0.25, -0.2) is 0 Å². The largest absolute Gasteiger partial charge is 0.366 e. The van der Waals surface area contributed by atoms with Gasteiger partial charge in [0.2, 0.25) is 0 Å². The average Bonchev–Trinajstić information content (AvgIpc) is 2.98. The van der Waals surface area contributed by atoms with Crippen LogP contribution in [0.25, 0.3) is 0 Å². The van der Waals surface area contributed by atoms with Crippen molar-refractivity contribution >= 4 is 5.91 Å². The SMILES string of the molecule is Cc1ccc(CC2CCCN2C(=O)C2CNCCO2)cc1. The van der Waals surface area contributed by atoms with Gasteiger partial charge in [0.1, 0.15) is 6.10 Å². The summed E-state index contributed by atoms with van der Waals surface area (Å²) in [4.78, 5) is 14.7. The van der Waals surface area contributed by atoms with E-state index in [1.54, 1.807) is 0 Å². The van der Waals surface area contributed by atoms with Crippen LogP contribution in [-0.4, -0.2) is 49.2 Å². The van der Waals surface area contributed by atoms with Crippen molar-refractivity contribution in [3.8, 4) is 0 Å². The highest BCUT2D eigenvalue weighted by atomic mass is 16.5. The summed E-state index contributed by atoms with van der Waals surface area (Å²) in [7, 11) is 0. The van der Waals surface area contributed by atoms with Crippen molar-refractivity contribution in [1.29, 1.82) is 0 Å². The van der Waals surface area contributed by atoms with Crippen LogP contribution in [-0.2, 0) is 16.0 Å². The van der Waals surface area contributed by atoms with Crippen molar-refractivity contribution in [1.82, 2.24) is 10.2 Å². The summed E-state index contributed by atoms with van der Waals surface area (Å²) in [6, 6.07) is 8.96. The number of ether oxygens (including phenoxy) is 1. The van der Waals surface area contributed by atoms with Crippen LogP contribution in [0.2, 0.25) is 0 Å². The lowest BCUT2D eigenvalue weighted by Gasteiger charge is -2.31. The fourth-order valence-corrected chi connectivity index (χ4v) is 3.24. The van der Waals surface area contributed by atoms with Gasteiger partial charge in [0.15, 0.2) is 0 Å². The second kappa shape index (κ2) is 6.58. The van der Waals surface area contributed by atoms with Gasteiger partial charge in [-0.1, -0.05) is 29.8 Å². The Kier molecular flexibility index (Phi) is 4.56. The molecule has 3 rings (SSSR count). The standard InChI is InChI=1S/C17H24N2O2/c1-13-4-6-14(7-5-13)11-15-3-2-9-19(15)17(20)16-12-18-8-10-21-16/h4-7,15-16,18H,2-3,8-12H2,1H3. The molecule has 0 aromatic heterocycles. The zero-order valence-corrected chi connectivity index (χ0v) is 12.7. The first-order valence-electron chi connectivity index (χ1n) is 7.92. The van der Waals surface area contributed by atoms with Crippen LogP contribution in [0.3, 0.4) is 0 Å². The highest BCUT2D eigenvalue weighted by molar-refractivity contribution is 5.82. The molecule has 1 aromatic carbocycles. The summed E-state index contributed by atoms with van der Waals surface area (Å²) in [6.45, 7) is 5.09. The van der Waals surface area contributed by atoms with Crippen LogP contribution >= 0.6 is 0 Å². The van der Waals surface area contributed by atoms with Crippen LogP contribution in [0.4, 0.5) is 0 Å². The molecule has 2 fully saturated rings. The number of benzene rings is 1. The van der Waals surface area contributed by atoms with E-state index in [0.717, 1.165) is 32.4 Å². The van der Waals surface area contributed by atoms with Crippen LogP contribution in [0.15, 0.2) is 24.3 Å². The molecule has 2 atom stereocenters. The Morgan fingerprint density at radius 2 is 2.19 bits per heavy atom. The third-order valence-corrected chi connectivity index (χ3v) is 4.46. The van der Waals surface area contributed by atoms with Gasteiger partial charge < -0.3 is 15.0 Å². The van der Waals surface area contributed by atoms with E-state index in [1.807, 2.05) is 4.90 Å². The molecule has 2 unspecified atom stereocenters. The van der Waals surface area contributed by atoms with Crippen LogP contribution in [0.1, 0.15) is 24.0 Å². The Labute approximate surface area is 126 Å².